The normalized spacial score (nSPS) is 21.6. The van der Waals surface area contributed by atoms with Gasteiger partial charge >= 0.3 is 12.1 Å². The van der Waals surface area contributed by atoms with Crippen LogP contribution in [0, 0.1) is 5.92 Å². The molecule has 0 spiro atoms. The van der Waals surface area contributed by atoms with Crippen LogP contribution in [-0.4, -0.2) is 81.0 Å². The first-order valence-electron chi connectivity index (χ1n) is 13.3. The van der Waals surface area contributed by atoms with E-state index in [4.69, 9.17) is 9.47 Å². The lowest BCUT2D eigenvalue weighted by Crippen LogP contribution is -2.55. The number of esters is 1. The molecule has 0 N–H and O–H groups in total. The number of carbonyl (C=O) groups excluding carboxylic acids is 3. The second-order valence-corrected chi connectivity index (χ2v) is 12.1. The standard InChI is InChI=1S/C28H40N4O5/c1-27(2,3)36-25(34)20-12-8-9-13-21(20)30-15-17-31(18-16-30)24(33)23-19-11-7-10-14-22(19)32(29-23)26(35)37-28(4,5)6/h7,10-11,14,20-21H,8-9,12-13,15-18H2,1-6H3/t20-,21-/m0/s1. The fraction of sp³-hybridized carbons (Fsp3) is 0.643. The number of ether oxygens (including phenoxy) is 2. The summed E-state index contributed by atoms with van der Waals surface area (Å²) in [5, 5.41) is 5.03. The van der Waals surface area contributed by atoms with E-state index in [-0.39, 0.29) is 29.5 Å². The lowest BCUT2D eigenvalue weighted by Gasteiger charge is -2.43. The molecule has 0 unspecified atom stereocenters. The molecule has 2 aliphatic rings. The molecule has 1 aromatic carbocycles. The molecule has 1 saturated carbocycles. The number of amides is 1. The lowest BCUT2D eigenvalue weighted by atomic mass is 9.83. The van der Waals surface area contributed by atoms with Crippen molar-refractivity contribution >= 4 is 28.9 Å². The van der Waals surface area contributed by atoms with Crippen LogP contribution in [0.4, 0.5) is 4.79 Å². The molecule has 1 aromatic heterocycles. The predicted octanol–water partition coefficient (Wildman–Crippen LogP) is 4.48. The summed E-state index contributed by atoms with van der Waals surface area (Å²) < 4.78 is 12.4. The number of aromatic nitrogens is 2. The van der Waals surface area contributed by atoms with Crippen LogP contribution >= 0.6 is 0 Å². The van der Waals surface area contributed by atoms with Gasteiger partial charge in [-0.2, -0.15) is 9.78 Å². The minimum Gasteiger partial charge on any atom is -0.460 e. The van der Waals surface area contributed by atoms with Crippen LogP contribution in [-0.2, 0) is 14.3 Å². The van der Waals surface area contributed by atoms with Gasteiger partial charge in [-0.05, 0) is 60.5 Å². The molecule has 0 radical (unpaired) electrons. The van der Waals surface area contributed by atoms with Crippen molar-refractivity contribution in [1.82, 2.24) is 19.6 Å². The number of rotatable bonds is 3. The van der Waals surface area contributed by atoms with E-state index in [0.29, 0.717) is 37.1 Å². The molecule has 9 nitrogen and oxygen atoms in total. The highest BCUT2D eigenvalue weighted by Gasteiger charge is 2.39. The molecule has 1 amide bonds. The van der Waals surface area contributed by atoms with Gasteiger partial charge in [0.15, 0.2) is 5.69 Å². The molecule has 1 aliphatic carbocycles. The SMILES string of the molecule is CC(C)(C)OC(=O)[C@H]1CCCC[C@@H]1N1CCN(C(=O)c2nn(C(=O)OC(C)(C)C)c3ccccc23)CC1. The molecule has 2 heterocycles. The number of carbonyl (C=O) groups is 3. The molecular formula is C28H40N4O5. The fourth-order valence-electron chi connectivity index (χ4n) is 5.28. The number of nitrogens with zero attached hydrogens (tertiary/aromatic N) is 4. The zero-order valence-corrected chi connectivity index (χ0v) is 23.0. The number of fused-ring (bicyclic) bond motifs is 1. The smallest absolute Gasteiger partial charge is 0.435 e. The molecule has 2 atom stereocenters. The van der Waals surface area contributed by atoms with Crippen molar-refractivity contribution in [3.05, 3.63) is 30.0 Å². The van der Waals surface area contributed by atoms with Crippen molar-refractivity contribution in [1.29, 1.82) is 0 Å². The van der Waals surface area contributed by atoms with Crippen LogP contribution in [0.1, 0.15) is 77.7 Å². The van der Waals surface area contributed by atoms with E-state index in [2.05, 4.69) is 10.00 Å². The van der Waals surface area contributed by atoms with Crippen molar-refractivity contribution in [2.45, 2.75) is 84.5 Å². The molecule has 9 heteroatoms. The number of para-hydroxylation sites is 1. The second kappa shape index (κ2) is 10.4. The molecule has 0 bridgehead atoms. The van der Waals surface area contributed by atoms with Gasteiger partial charge in [-0.15, -0.1) is 0 Å². The highest BCUT2D eigenvalue weighted by atomic mass is 16.6. The Kier molecular flexibility index (Phi) is 7.65. The van der Waals surface area contributed by atoms with Crippen LogP contribution in [0.15, 0.2) is 24.3 Å². The number of benzene rings is 1. The quantitative estimate of drug-likeness (QED) is 0.560. The van der Waals surface area contributed by atoms with E-state index >= 15 is 0 Å². The molecule has 37 heavy (non-hydrogen) atoms. The Hall–Kier alpha value is -2.94. The number of hydrogen-bond acceptors (Lipinski definition) is 7. The summed E-state index contributed by atoms with van der Waals surface area (Å²) in [5.41, 5.74) is -0.392. The third kappa shape index (κ3) is 6.32. The second-order valence-electron chi connectivity index (χ2n) is 12.1. The summed E-state index contributed by atoms with van der Waals surface area (Å²) in [6.45, 7) is 13.5. The Morgan fingerprint density at radius 3 is 2.14 bits per heavy atom. The maximum Gasteiger partial charge on any atom is 0.435 e. The van der Waals surface area contributed by atoms with Crippen molar-refractivity contribution in [2.24, 2.45) is 5.92 Å². The molecule has 1 saturated heterocycles. The van der Waals surface area contributed by atoms with Crippen molar-refractivity contribution in [3.63, 3.8) is 0 Å². The van der Waals surface area contributed by atoms with Gasteiger partial charge < -0.3 is 14.4 Å². The first-order chi connectivity index (χ1) is 17.3. The Morgan fingerprint density at radius 2 is 1.49 bits per heavy atom. The summed E-state index contributed by atoms with van der Waals surface area (Å²) in [6, 6.07) is 7.34. The monoisotopic (exact) mass is 512 g/mol. The Labute approximate surface area is 219 Å². The third-order valence-electron chi connectivity index (χ3n) is 6.87. The molecular weight excluding hydrogens is 472 g/mol. The lowest BCUT2D eigenvalue weighted by molar-refractivity contribution is -0.164. The predicted molar refractivity (Wildman–Crippen MR) is 140 cm³/mol. The van der Waals surface area contributed by atoms with E-state index in [9.17, 15) is 14.4 Å². The van der Waals surface area contributed by atoms with Gasteiger partial charge in [0.1, 0.15) is 11.2 Å². The molecule has 4 rings (SSSR count). The molecule has 202 valence electrons. The van der Waals surface area contributed by atoms with Crippen LogP contribution in [0.3, 0.4) is 0 Å². The zero-order chi connectivity index (χ0) is 27.0. The van der Waals surface area contributed by atoms with E-state index < -0.39 is 17.3 Å². The maximum absolute atomic E-state index is 13.6. The summed E-state index contributed by atoms with van der Waals surface area (Å²) in [5.74, 6) is -0.455. The van der Waals surface area contributed by atoms with Crippen LogP contribution in [0.5, 0.6) is 0 Å². The van der Waals surface area contributed by atoms with Gasteiger partial charge in [0.25, 0.3) is 5.91 Å². The average Bonchev–Trinajstić information content (AvgIpc) is 3.22. The summed E-state index contributed by atoms with van der Waals surface area (Å²) in [6.07, 6.45) is 3.32. The minimum absolute atomic E-state index is 0.116. The van der Waals surface area contributed by atoms with Crippen molar-refractivity contribution in [3.8, 4) is 0 Å². The number of hydrogen-bond donors (Lipinski definition) is 0. The highest BCUT2D eigenvalue weighted by Crippen LogP contribution is 2.32. The minimum atomic E-state index is -0.680. The van der Waals surface area contributed by atoms with Gasteiger partial charge in [0.05, 0.1) is 11.4 Å². The van der Waals surface area contributed by atoms with Crippen LogP contribution in [0.2, 0.25) is 0 Å². The van der Waals surface area contributed by atoms with Gasteiger partial charge in [-0.25, -0.2) is 4.79 Å². The molecule has 2 fully saturated rings. The van der Waals surface area contributed by atoms with E-state index in [0.717, 1.165) is 25.7 Å². The topological polar surface area (TPSA) is 94.0 Å². The Balaban J connectivity index is 1.47. The van der Waals surface area contributed by atoms with Gasteiger partial charge in [-0.3, -0.25) is 14.5 Å². The van der Waals surface area contributed by atoms with Crippen molar-refractivity contribution in [2.75, 3.05) is 26.2 Å². The van der Waals surface area contributed by atoms with Gasteiger partial charge in [-0.1, -0.05) is 31.0 Å². The Morgan fingerprint density at radius 1 is 0.865 bits per heavy atom. The summed E-state index contributed by atoms with van der Waals surface area (Å²) in [4.78, 5) is 43.4. The average molecular weight is 513 g/mol. The van der Waals surface area contributed by atoms with E-state index in [1.807, 2.05) is 32.9 Å². The van der Waals surface area contributed by atoms with E-state index in [1.165, 1.54) is 4.68 Å². The van der Waals surface area contributed by atoms with Gasteiger partial charge in [0.2, 0.25) is 0 Å². The van der Waals surface area contributed by atoms with Crippen LogP contribution in [0.25, 0.3) is 10.9 Å². The zero-order valence-electron chi connectivity index (χ0n) is 23.0. The third-order valence-corrected chi connectivity index (χ3v) is 6.87. The maximum atomic E-state index is 13.6. The largest absolute Gasteiger partial charge is 0.460 e. The highest BCUT2D eigenvalue weighted by molar-refractivity contribution is 6.06. The summed E-state index contributed by atoms with van der Waals surface area (Å²) in [7, 11) is 0. The first kappa shape index (κ1) is 27.1. The Bertz CT molecular complexity index is 1150. The fourth-order valence-corrected chi connectivity index (χ4v) is 5.28. The molecule has 2 aromatic rings. The first-order valence-corrected chi connectivity index (χ1v) is 13.3. The summed E-state index contributed by atoms with van der Waals surface area (Å²) >= 11 is 0. The number of piperazine rings is 1. The van der Waals surface area contributed by atoms with Crippen molar-refractivity contribution < 1.29 is 23.9 Å². The van der Waals surface area contributed by atoms with Crippen LogP contribution < -0.4 is 0 Å². The van der Waals surface area contributed by atoms with Gasteiger partial charge in [0, 0.05) is 37.6 Å². The van der Waals surface area contributed by atoms with E-state index in [1.54, 1.807) is 37.8 Å². The molecule has 1 aliphatic heterocycles.